The van der Waals surface area contributed by atoms with Crippen LogP contribution in [-0.2, 0) is 14.8 Å². The highest BCUT2D eigenvalue weighted by Crippen LogP contribution is 2.31. The maximum Gasteiger partial charge on any atom is 0.264 e. The molecule has 2 amide bonds. The van der Waals surface area contributed by atoms with Crippen molar-refractivity contribution in [1.29, 1.82) is 0 Å². The number of thiophene rings is 1. The third-order valence-corrected chi connectivity index (χ3v) is 7.23. The second-order valence-corrected chi connectivity index (χ2v) is 9.05. The van der Waals surface area contributed by atoms with Gasteiger partial charge < -0.3 is 15.0 Å². The van der Waals surface area contributed by atoms with Crippen molar-refractivity contribution in [2.45, 2.75) is 4.90 Å². The number of benzene rings is 1. The van der Waals surface area contributed by atoms with Crippen molar-refractivity contribution in [1.82, 2.24) is 9.21 Å². The van der Waals surface area contributed by atoms with Crippen LogP contribution >= 0.6 is 11.3 Å². The van der Waals surface area contributed by atoms with E-state index in [1.807, 2.05) is 11.4 Å². The zero-order valence-electron chi connectivity index (χ0n) is 14.3. The molecule has 0 unspecified atom stereocenters. The summed E-state index contributed by atoms with van der Waals surface area (Å²) in [5.41, 5.74) is 0.346. The van der Waals surface area contributed by atoms with Crippen LogP contribution in [0.25, 0.3) is 0 Å². The third-order valence-electron chi connectivity index (χ3n) is 4.48. The van der Waals surface area contributed by atoms with Crippen molar-refractivity contribution in [2.75, 3.05) is 38.1 Å². The molecule has 1 aromatic carbocycles. The van der Waals surface area contributed by atoms with Gasteiger partial charge >= 0.3 is 0 Å². The smallest absolute Gasteiger partial charge is 0.264 e. The number of nitrogens with one attached hydrogen (secondary N) is 1. The standard InChI is InChI=1S/C17H17N3O5S2/c21-16-11-25-14-4-3-12(10-13(14)18-16)27(23,24)20-7-5-19(6-8-20)17(22)15-2-1-9-26-15/h1-4,9-10H,5-8,11H2,(H,18,21). The van der Waals surface area contributed by atoms with E-state index in [2.05, 4.69) is 5.32 Å². The van der Waals surface area contributed by atoms with Gasteiger partial charge in [0.1, 0.15) is 5.75 Å². The number of piperazine rings is 1. The molecule has 2 aliphatic heterocycles. The number of hydrogen-bond acceptors (Lipinski definition) is 6. The first-order valence-electron chi connectivity index (χ1n) is 8.35. The summed E-state index contributed by atoms with van der Waals surface area (Å²) in [6, 6.07) is 7.99. The van der Waals surface area contributed by atoms with E-state index in [0.29, 0.717) is 29.4 Å². The van der Waals surface area contributed by atoms with Crippen LogP contribution in [0.4, 0.5) is 5.69 Å². The van der Waals surface area contributed by atoms with Crippen molar-refractivity contribution < 1.29 is 22.7 Å². The van der Waals surface area contributed by atoms with Crippen LogP contribution < -0.4 is 10.1 Å². The summed E-state index contributed by atoms with van der Waals surface area (Å²) in [5, 5.41) is 4.45. The molecule has 27 heavy (non-hydrogen) atoms. The zero-order valence-corrected chi connectivity index (χ0v) is 15.9. The maximum absolute atomic E-state index is 12.9. The molecule has 2 aliphatic rings. The number of hydrogen-bond donors (Lipinski definition) is 1. The van der Waals surface area contributed by atoms with Gasteiger partial charge in [0.05, 0.1) is 15.5 Å². The van der Waals surface area contributed by atoms with Gasteiger partial charge in [-0.2, -0.15) is 4.31 Å². The lowest BCUT2D eigenvalue weighted by Crippen LogP contribution is -2.50. The number of carbonyl (C=O) groups excluding carboxylic acids is 2. The fourth-order valence-electron chi connectivity index (χ4n) is 3.06. The number of ether oxygens (including phenoxy) is 1. The lowest BCUT2D eigenvalue weighted by atomic mass is 10.2. The van der Waals surface area contributed by atoms with E-state index >= 15 is 0 Å². The molecule has 3 heterocycles. The molecule has 0 aliphatic carbocycles. The Morgan fingerprint density at radius 1 is 1.15 bits per heavy atom. The molecule has 0 atom stereocenters. The molecule has 10 heteroatoms. The van der Waals surface area contributed by atoms with Crippen molar-refractivity contribution in [3.05, 3.63) is 40.6 Å². The number of carbonyl (C=O) groups is 2. The minimum absolute atomic E-state index is 0.0734. The van der Waals surface area contributed by atoms with E-state index in [4.69, 9.17) is 4.74 Å². The monoisotopic (exact) mass is 407 g/mol. The summed E-state index contributed by atoms with van der Waals surface area (Å²) in [5.74, 6) is 0.0494. The van der Waals surface area contributed by atoms with Crippen LogP contribution in [0.5, 0.6) is 5.75 Å². The second-order valence-electron chi connectivity index (χ2n) is 6.17. The largest absolute Gasteiger partial charge is 0.482 e. The van der Waals surface area contributed by atoms with Gasteiger partial charge in [-0.3, -0.25) is 9.59 Å². The Labute approximate surface area is 160 Å². The molecule has 1 N–H and O–H groups in total. The Balaban J connectivity index is 1.48. The van der Waals surface area contributed by atoms with Gasteiger partial charge in [-0.05, 0) is 29.6 Å². The molecule has 0 spiro atoms. The molecule has 0 radical (unpaired) electrons. The Bertz CT molecular complexity index is 980. The van der Waals surface area contributed by atoms with Crippen molar-refractivity contribution in [2.24, 2.45) is 0 Å². The van der Waals surface area contributed by atoms with Crippen LogP contribution in [0.2, 0.25) is 0 Å². The van der Waals surface area contributed by atoms with Gasteiger partial charge in [0, 0.05) is 26.2 Å². The number of amides is 2. The normalized spacial score (nSPS) is 17.8. The molecule has 2 aromatic rings. The molecule has 1 saturated heterocycles. The number of sulfonamides is 1. The highest BCUT2D eigenvalue weighted by Gasteiger charge is 2.31. The highest BCUT2D eigenvalue weighted by molar-refractivity contribution is 7.89. The minimum Gasteiger partial charge on any atom is -0.482 e. The number of rotatable bonds is 3. The average molecular weight is 407 g/mol. The molecule has 1 aromatic heterocycles. The minimum atomic E-state index is -3.72. The number of anilines is 1. The van der Waals surface area contributed by atoms with E-state index in [1.54, 1.807) is 11.0 Å². The third kappa shape index (κ3) is 3.43. The van der Waals surface area contributed by atoms with E-state index in [0.717, 1.165) is 0 Å². The van der Waals surface area contributed by atoms with Gasteiger partial charge in [0.15, 0.2) is 6.61 Å². The topological polar surface area (TPSA) is 96.0 Å². The summed E-state index contributed by atoms with van der Waals surface area (Å²) in [6.07, 6.45) is 0. The SMILES string of the molecule is O=C1COc2ccc(S(=O)(=O)N3CCN(C(=O)c4cccs4)CC3)cc2N1. The van der Waals surface area contributed by atoms with Gasteiger partial charge in [-0.25, -0.2) is 8.42 Å². The Kier molecular flexibility index (Phi) is 4.62. The summed E-state index contributed by atoms with van der Waals surface area (Å²) < 4.78 is 32.5. The van der Waals surface area contributed by atoms with Crippen molar-refractivity contribution in [3.63, 3.8) is 0 Å². The first kappa shape index (κ1) is 18.0. The zero-order chi connectivity index (χ0) is 19.0. The lowest BCUT2D eigenvalue weighted by molar-refractivity contribution is -0.118. The molecular weight excluding hydrogens is 390 g/mol. The Hall–Kier alpha value is -2.43. The summed E-state index contributed by atoms with van der Waals surface area (Å²) in [7, 11) is -3.72. The van der Waals surface area contributed by atoms with Crippen LogP contribution in [0.15, 0.2) is 40.6 Å². The van der Waals surface area contributed by atoms with E-state index in [1.165, 1.54) is 33.8 Å². The van der Waals surface area contributed by atoms with E-state index < -0.39 is 10.0 Å². The molecule has 0 saturated carbocycles. The average Bonchev–Trinajstić information content (AvgIpc) is 3.21. The molecule has 8 nitrogen and oxygen atoms in total. The predicted octanol–water partition coefficient (Wildman–Crippen LogP) is 1.23. The Morgan fingerprint density at radius 2 is 1.93 bits per heavy atom. The summed E-state index contributed by atoms with van der Waals surface area (Å²) >= 11 is 1.37. The maximum atomic E-state index is 12.9. The van der Waals surface area contributed by atoms with Gasteiger partial charge in [-0.15, -0.1) is 11.3 Å². The molecule has 0 bridgehead atoms. The van der Waals surface area contributed by atoms with Gasteiger partial charge in [-0.1, -0.05) is 6.07 Å². The van der Waals surface area contributed by atoms with Crippen molar-refractivity contribution in [3.8, 4) is 5.75 Å². The Morgan fingerprint density at radius 3 is 2.63 bits per heavy atom. The van der Waals surface area contributed by atoms with Gasteiger partial charge in [0.2, 0.25) is 10.0 Å². The van der Waals surface area contributed by atoms with Gasteiger partial charge in [0.25, 0.3) is 11.8 Å². The first-order chi connectivity index (χ1) is 12.9. The van der Waals surface area contributed by atoms with Crippen LogP contribution in [0, 0.1) is 0 Å². The fraction of sp³-hybridized carbons (Fsp3) is 0.294. The van der Waals surface area contributed by atoms with Crippen LogP contribution in [-0.4, -0.2) is 62.2 Å². The first-order valence-corrected chi connectivity index (χ1v) is 10.7. The predicted molar refractivity (Wildman–Crippen MR) is 99.5 cm³/mol. The second kappa shape index (κ2) is 6.95. The lowest BCUT2D eigenvalue weighted by Gasteiger charge is -2.34. The fourth-order valence-corrected chi connectivity index (χ4v) is 5.20. The van der Waals surface area contributed by atoms with E-state index in [-0.39, 0.29) is 36.4 Å². The highest BCUT2D eigenvalue weighted by atomic mass is 32.2. The molecule has 142 valence electrons. The van der Waals surface area contributed by atoms with Crippen molar-refractivity contribution >= 4 is 38.9 Å². The number of nitrogens with zero attached hydrogens (tertiary/aromatic N) is 2. The van der Waals surface area contributed by atoms with Crippen LogP contribution in [0.1, 0.15) is 9.67 Å². The molecule has 4 rings (SSSR count). The summed E-state index contributed by atoms with van der Waals surface area (Å²) in [6.45, 7) is 1.03. The number of fused-ring (bicyclic) bond motifs is 1. The quantitative estimate of drug-likeness (QED) is 0.826. The molecule has 1 fully saturated rings. The van der Waals surface area contributed by atoms with Crippen LogP contribution in [0.3, 0.4) is 0 Å². The summed E-state index contributed by atoms with van der Waals surface area (Å²) in [4.78, 5) is 26.2. The molecular formula is C17H17N3O5S2. The van der Waals surface area contributed by atoms with E-state index in [9.17, 15) is 18.0 Å².